The first-order valence-electron chi connectivity index (χ1n) is 13.4. The van der Waals surface area contributed by atoms with Crippen LogP contribution in [0.2, 0.25) is 0 Å². The molecule has 1 aliphatic rings. The van der Waals surface area contributed by atoms with E-state index in [1.807, 2.05) is 32.3 Å². The molecule has 17 heteroatoms. The van der Waals surface area contributed by atoms with Crippen LogP contribution in [0.1, 0.15) is 46.1 Å². The molecule has 6 rings (SSSR count). The van der Waals surface area contributed by atoms with Gasteiger partial charge < -0.3 is 11.5 Å². The predicted octanol–water partition coefficient (Wildman–Crippen LogP) is 4.40. The van der Waals surface area contributed by atoms with Crippen LogP contribution in [0.15, 0.2) is 75.0 Å². The highest BCUT2D eigenvalue weighted by atomic mass is 32.2. The third-order valence-electron chi connectivity index (χ3n) is 6.45. The molecule has 44 heavy (non-hydrogen) atoms. The fourth-order valence-corrected chi connectivity index (χ4v) is 6.52. The minimum absolute atomic E-state index is 0.117. The number of nitrogens with two attached hydrogens (primary N) is 2. The zero-order chi connectivity index (χ0) is 33.4. The average Bonchev–Trinajstić information content (AvgIpc) is 3.60. The number of nitrogen functional groups attached to an aromatic ring is 1. The van der Waals surface area contributed by atoms with Gasteiger partial charge >= 0.3 is 0 Å². The van der Waals surface area contributed by atoms with Crippen LogP contribution in [0.4, 0.5) is 5.69 Å². The van der Waals surface area contributed by atoms with Gasteiger partial charge in [0.25, 0.3) is 30.4 Å². The van der Waals surface area contributed by atoms with Crippen molar-refractivity contribution in [1.82, 2.24) is 14.1 Å². The Hall–Kier alpha value is -3.87. The fraction of sp³-hybridized carbons (Fsp3) is 0.259. The van der Waals surface area contributed by atoms with Crippen LogP contribution in [0.5, 0.6) is 0 Å². The lowest BCUT2D eigenvalue weighted by Gasteiger charge is -2.12. The molecule has 0 bridgehead atoms. The lowest BCUT2D eigenvalue weighted by atomic mass is 10.1. The molecular formula is C27H35N5O9S3. The number of rotatable bonds is 4. The number of aryl methyl sites for hydroxylation is 1. The van der Waals surface area contributed by atoms with E-state index in [2.05, 4.69) is 0 Å². The van der Waals surface area contributed by atoms with Crippen molar-refractivity contribution in [3.05, 3.63) is 70.8 Å². The summed E-state index contributed by atoms with van der Waals surface area (Å²) in [6.45, 7) is 9.59. The minimum atomic E-state index is -4.42. The van der Waals surface area contributed by atoms with Crippen LogP contribution < -0.4 is 11.5 Å². The van der Waals surface area contributed by atoms with Crippen LogP contribution in [0.3, 0.4) is 0 Å². The van der Waals surface area contributed by atoms with Gasteiger partial charge in [0.2, 0.25) is 0 Å². The van der Waals surface area contributed by atoms with Crippen molar-refractivity contribution in [3.63, 3.8) is 0 Å². The zero-order valence-electron chi connectivity index (χ0n) is 24.6. The lowest BCUT2D eigenvalue weighted by molar-refractivity contribution is 0.480. The Kier molecular flexibility index (Phi) is 9.93. The first-order valence-corrected chi connectivity index (χ1v) is 17.7. The third-order valence-corrected chi connectivity index (χ3v) is 9.23. The monoisotopic (exact) mass is 669 g/mol. The van der Waals surface area contributed by atoms with Crippen LogP contribution >= 0.6 is 0 Å². The maximum Gasteiger partial charge on any atom is 0.296 e. The Balaban J connectivity index is 0.000000279. The number of hydrogen-bond acceptors (Lipinski definition) is 8. The van der Waals surface area contributed by atoms with E-state index in [0.29, 0.717) is 35.2 Å². The van der Waals surface area contributed by atoms with Gasteiger partial charge in [-0.05, 0) is 67.1 Å². The molecule has 7 N–H and O–H groups in total. The molecule has 240 valence electrons. The topological polar surface area (TPSA) is 229 Å². The largest absolute Gasteiger partial charge is 0.401 e. The van der Waals surface area contributed by atoms with E-state index < -0.39 is 30.4 Å². The van der Waals surface area contributed by atoms with Crippen molar-refractivity contribution in [1.29, 1.82) is 0 Å². The number of anilines is 1. The molecule has 0 saturated heterocycles. The van der Waals surface area contributed by atoms with E-state index in [1.165, 1.54) is 24.3 Å². The maximum absolute atomic E-state index is 11.5. The first-order chi connectivity index (χ1) is 20.5. The SMILES string of the molecule is CC.CC.Cc1ccc(N)cc1S(=O)(=O)O.NC1=C(S(=O)(=O)O)C=C(n2n3c4ccc5cc(S(=O)(=O)O)ccc5c4n23)CC1. The van der Waals surface area contributed by atoms with Crippen molar-refractivity contribution in [3.8, 4) is 0 Å². The summed E-state index contributed by atoms with van der Waals surface area (Å²) in [7, 11) is -12.8. The summed E-state index contributed by atoms with van der Waals surface area (Å²) >= 11 is 0. The van der Waals surface area contributed by atoms with Gasteiger partial charge in [0, 0.05) is 16.8 Å². The summed E-state index contributed by atoms with van der Waals surface area (Å²) in [6, 6.07) is 12.2. The molecule has 0 amide bonds. The van der Waals surface area contributed by atoms with Gasteiger partial charge in [-0.2, -0.15) is 30.0 Å². The summed E-state index contributed by atoms with van der Waals surface area (Å²) < 4.78 is 98.1. The van der Waals surface area contributed by atoms with Crippen LogP contribution in [-0.4, -0.2) is 53.0 Å². The van der Waals surface area contributed by atoms with Crippen LogP contribution in [-0.2, 0) is 30.4 Å². The van der Waals surface area contributed by atoms with E-state index in [-0.39, 0.29) is 20.4 Å². The van der Waals surface area contributed by atoms with Crippen molar-refractivity contribution >= 4 is 63.5 Å². The molecular weight excluding hydrogens is 635 g/mol. The van der Waals surface area contributed by atoms with Gasteiger partial charge in [-0.3, -0.25) is 13.7 Å². The molecule has 3 aromatic carbocycles. The smallest absolute Gasteiger partial charge is 0.296 e. The molecule has 2 aromatic heterocycles. The highest BCUT2D eigenvalue weighted by Crippen LogP contribution is 2.36. The van der Waals surface area contributed by atoms with E-state index in [0.717, 1.165) is 16.4 Å². The summed E-state index contributed by atoms with van der Waals surface area (Å²) in [5.41, 5.74) is 14.3. The second kappa shape index (κ2) is 12.6. The Morgan fingerprint density at radius 3 is 1.91 bits per heavy atom. The standard InChI is InChI=1S/C16H14N4O6S2.C7H9NO3S.2C2H6/c17-13-5-2-10(8-15(13)28(24,25)26)18-19-14-6-1-9-7-11(27(21,22)23)3-4-12(9)16(14)20(18)19;1-5-2-3-6(8)4-7(5)12(9,10)11;2*1-2/h1,3-4,6-8H,2,5,17H2,(H,21,22,23)(H,24,25,26);2-4H,8H2,1H3,(H,9,10,11);2*1-2H3. The first kappa shape index (κ1) is 34.6. The van der Waals surface area contributed by atoms with Gasteiger partial charge in [-0.25, -0.2) is 0 Å². The summed E-state index contributed by atoms with van der Waals surface area (Å²) in [4.78, 5) is 1.14. The Bertz CT molecular complexity index is 2220. The Morgan fingerprint density at radius 1 is 0.727 bits per heavy atom. The molecule has 2 heterocycles. The number of benzene rings is 3. The second-order valence-electron chi connectivity index (χ2n) is 9.16. The van der Waals surface area contributed by atoms with Gasteiger partial charge in [-0.1, -0.05) is 45.9 Å². The Labute approximate surface area is 255 Å². The van der Waals surface area contributed by atoms with Crippen molar-refractivity contribution in [2.45, 2.75) is 57.3 Å². The number of fused-ring (bicyclic) bond motifs is 6. The molecule has 0 atom stereocenters. The third kappa shape index (κ3) is 6.77. The van der Waals surface area contributed by atoms with Crippen molar-refractivity contribution < 1.29 is 38.9 Å². The van der Waals surface area contributed by atoms with Gasteiger partial charge in [-0.15, -0.1) is 9.26 Å². The molecule has 5 aromatic rings. The van der Waals surface area contributed by atoms with E-state index >= 15 is 0 Å². The quantitative estimate of drug-likeness (QED) is 0.133. The molecule has 0 radical (unpaired) electrons. The highest BCUT2D eigenvalue weighted by Gasteiger charge is 2.30. The van der Waals surface area contributed by atoms with E-state index in [9.17, 15) is 34.4 Å². The maximum atomic E-state index is 11.5. The Morgan fingerprint density at radius 2 is 1.36 bits per heavy atom. The van der Waals surface area contributed by atoms with Crippen LogP contribution in [0.25, 0.3) is 27.5 Å². The number of nitrogens with zero attached hydrogens (tertiary/aromatic N) is 3. The van der Waals surface area contributed by atoms with E-state index in [4.69, 9.17) is 16.0 Å². The molecule has 0 unspecified atom stereocenters. The number of aromatic nitrogens is 3. The van der Waals surface area contributed by atoms with E-state index in [1.54, 1.807) is 46.7 Å². The fourth-order valence-electron chi connectivity index (χ4n) is 4.53. The second-order valence-corrected chi connectivity index (χ2v) is 13.4. The average molecular weight is 670 g/mol. The highest BCUT2D eigenvalue weighted by molar-refractivity contribution is 7.90. The van der Waals surface area contributed by atoms with Crippen LogP contribution in [0, 0.1) is 6.92 Å². The summed E-state index contributed by atoms with van der Waals surface area (Å²) in [5.74, 6) is 0. The number of hydrogen-bond donors (Lipinski definition) is 5. The van der Waals surface area contributed by atoms with Gasteiger partial charge in [0.15, 0.2) is 0 Å². The molecule has 0 fully saturated rings. The van der Waals surface area contributed by atoms with Crippen molar-refractivity contribution in [2.24, 2.45) is 5.73 Å². The number of allylic oxidation sites excluding steroid dienone is 3. The lowest BCUT2D eigenvalue weighted by Crippen LogP contribution is -2.14. The minimum Gasteiger partial charge on any atom is -0.401 e. The molecule has 0 aliphatic heterocycles. The van der Waals surface area contributed by atoms with Gasteiger partial charge in [0.1, 0.15) is 15.9 Å². The predicted molar refractivity (Wildman–Crippen MR) is 169 cm³/mol. The normalized spacial score (nSPS) is 14.0. The molecule has 14 nitrogen and oxygen atoms in total. The molecule has 1 aliphatic carbocycles. The summed E-state index contributed by atoms with van der Waals surface area (Å²) in [6.07, 6.45) is 2.15. The summed E-state index contributed by atoms with van der Waals surface area (Å²) in [5, 5.41) is 1.42. The van der Waals surface area contributed by atoms with Gasteiger partial charge in [0.05, 0.1) is 15.5 Å². The zero-order valence-corrected chi connectivity index (χ0v) is 27.1. The molecule has 0 spiro atoms. The molecule has 0 saturated carbocycles. The van der Waals surface area contributed by atoms with Crippen molar-refractivity contribution in [2.75, 3.05) is 5.73 Å².